The SMILES string of the molecule is Nc1nnc(N2CCC(F)(F)CC2)c(-c2ccccc2)n1.Nc1nnc(N2CCC(F)(F)CC2)c(-c2ccccc2)n1. The molecule has 0 unspecified atom stereocenters. The van der Waals surface area contributed by atoms with Crippen LogP contribution in [0.2, 0.25) is 0 Å². The molecule has 0 spiro atoms. The maximum absolute atomic E-state index is 13.3. The minimum Gasteiger partial charge on any atom is -0.366 e. The monoisotopic (exact) mass is 582 g/mol. The van der Waals surface area contributed by atoms with Crippen molar-refractivity contribution in [1.29, 1.82) is 0 Å². The maximum Gasteiger partial charge on any atom is 0.251 e. The highest BCUT2D eigenvalue weighted by atomic mass is 19.3. The van der Waals surface area contributed by atoms with Crippen molar-refractivity contribution in [1.82, 2.24) is 30.4 Å². The van der Waals surface area contributed by atoms with Gasteiger partial charge in [-0.15, -0.1) is 20.4 Å². The number of benzene rings is 2. The van der Waals surface area contributed by atoms with Crippen LogP contribution in [-0.4, -0.2) is 68.4 Å². The third kappa shape index (κ3) is 6.98. The highest BCUT2D eigenvalue weighted by molar-refractivity contribution is 5.73. The molecule has 2 saturated heterocycles. The molecule has 0 bridgehead atoms. The first kappa shape index (κ1) is 28.9. The molecule has 0 aliphatic carbocycles. The lowest BCUT2D eigenvalue weighted by atomic mass is 10.1. The molecular formula is C28H30F4N10. The highest BCUT2D eigenvalue weighted by Gasteiger charge is 2.36. The summed E-state index contributed by atoms with van der Waals surface area (Å²) in [7, 11) is 0. The summed E-state index contributed by atoms with van der Waals surface area (Å²) in [5.41, 5.74) is 14.1. The van der Waals surface area contributed by atoms with Crippen LogP contribution < -0.4 is 21.3 Å². The number of aromatic nitrogens is 6. The summed E-state index contributed by atoms with van der Waals surface area (Å²) < 4.78 is 53.1. The van der Waals surface area contributed by atoms with Gasteiger partial charge in [0, 0.05) is 63.0 Å². The Morgan fingerprint density at radius 1 is 0.524 bits per heavy atom. The minimum absolute atomic E-state index is 0.0694. The molecule has 0 radical (unpaired) electrons. The molecule has 10 nitrogen and oxygen atoms in total. The number of rotatable bonds is 4. The van der Waals surface area contributed by atoms with Crippen LogP contribution in [0.1, 0.15) is 25.7 Å². The molecule has 42 heavy (non-hydrogen) atoms. The molecule has 0 atom stereocenters. The third-order valence-electron chi connectivity index (χ3n) is 7.05. The van der Waals surface area contributed by atoms with E-state index in [1.54, 1.807) is 9.80 Å². The summed E-state index contributed by atoms with van der Waals surface area (Å²) >= 11 is 0. The van der Waals surface area contributed by atoms with Gasteiger partial charge in [0.2, 0.25) is 11.9 Å². The summed E-state index contributed by atoms with van der Waals surface area (Å²) in [6.07, 6.45) is -0.749. The predicted octanol–water partition coefficient (Wildman–Crippen LogP) is 4.71. The van der Waals surface area contributed by atoms with E-state index in [9.17, 15) is 17.6 Å². The Labute approximate surface area is 239 Å². The Balaban J connectivity index is 0.000000168. The Morgan fingerprint density at radius 3 is 1.19 bits per heavy atom. The number of hydrogen-bond donors (Lipinski definition) is 2. The summed E-state index contributed by atoms with van der Waals surface area (Å²) in [6.45, 7) is 0.917. The van der Waals surface area contributed by atoms with Gasteiger partial charge in [0.15, 0.2) is 11.6 Å². The Kier molecular flexibility index (Phi) is 8.31. The first-order valence-corrected chi connectivity index (χ1v) is 13.5. The van der Waals surface area contributed by atoms with Gasteiger partial charge in [-0.3, -0.25) is 0 Å². The van der Waals surface area contributed by atoms with Gasteiger partial charge in [0.05, 0.1) is 0 Å². The predicted molar refractivity (Wildman–Crippen MR) is 152 cm³/mol. The second kappa shape index (κ2) is 12.1. The van der Waals surface area contributed by atoms with Crippen molar-refractivity contribution in [2.75, 3.05) is 47.4 Å². The standard InChI is InChI=1S/2C14H15F2N5/c2*15-14(16)6-8-21(9-7-14)12-11(18-13(17)20-19-12)10-4-2-1-3-5-10/h2*1-5H,6-9H2,(H2,17,18,20). The Bertz CT molecular complexity index is 1360. The van der Waals surface area contributed by atoms with E-state index in [4.69, 9.17) is 11.5 Å². The van der Waals surface area contributed by atoms with E-state index in [1.165, 1.54) is 0 Å². The van der Waals surface area contributed by atoms with Crippen LogP contribution in [0.4, 0.5) is 41.1 Å². The van der Waals surface area contributed by atoms with Crippen molar-refractivity contribution >= 4 is 23.5 Å². The van der Waals surface area contributed by atoms with Crippen LogP contribution in [0.5, 0.6) is 0 Å². The first-order valence-electron chi connectivity index (χ1n) is 13.5. The van der Waals surface area contributed by atoms with Crippen LogP contribution in [0.25, 0.3) is 22.5 Å². The lowest BCUT2D eigenvalue weighted by molar-refractivity contribution is -0.0228. The summed E-state index contributed by atoms with van der Waals surface area (Å²) in [5.74, 6) is -4.05. The average molecular weight is 583 g/mol. The van der Waals surface area contributed by atoms with Crippen molar-refractivity contribution in [2.24, 2.45) is 0 Å². The maximum atomic E-state index is 13.3. The topological polar surface area (TPSA) is 136 Å². The van der Waals surface area contributed by atoms with Crippen molar-refractivity contribution < 1.29 is 17.6 Å². The number of halogens is 4. The fourth-order valence-corrected chi connectivity index (χ4v) is 4.76. The highest BCUT2D eigenvalue weighted by Crippen LogP contribution is 2.35. The van der Waals surface area contributed by atoms with Gasteiger partial charge in [0.25, 0.3) is 11.8 Å². The van der Waals surface area contributed by atoms with E-state index in [0.29, 0.717) is 23.0 Å². The Hall–Kier alpha value is -4.62. The lowest BCUT2D eigenvalue weighted by Crippen LogP contribution is -2.40. The van der Waals surface area contributed by atoms with Gasteiger partial charge in [0.1, 0.15) is 11.4 Å². The first-order chi connectivity index (χ1) is 20.1. The van der Waals surface area contributed by atoms with E-state index in [-0.39, 0.29) is 63.8 Å². The molecule has 2 fully saturated rings. The van der Waals surface area contributed by atoms with Crippen LogP contribution in [0.3, 0.4) is 0 Å². The number of nitrogens with two attached hydrogens (primary N) is 2. The summed E-state index contributed by atoms with van der Waals surface area (Å²) in [4.78, 5) is 12.0. The normalized spacial score (nSPS) is 17.7. The number of nitrogen functional groups attached to an aromatic ring is 2. The molecule has 2 aromatic carbocycles. The zero-order chi connectivity index (χ0) is 29.7. The lowest BCUT2D eigenvalue weighted by Gasteiger charge is -2.32. The number of anilines is 4. The van der Waals surface area contributed by atoms with Crippen LogP contribution in [0, 0.1) is 0 Å². The molecular weight excluding hydrogens is 552 g/mol. The van der Waals surface area contributed by atoms with Crippen molar-refractivity contribution in [3.8, 4) is 22.5 Å². The number of piperidine rings is 2. The smallest absolute Gasteiger partial charge is 0.251 e. The fourth-order valence-electron chi connectivity index (χ4n) is 4.76. The molecule has 4 aromatic rings. The van der Waals surface area contributed by atoms with Crippen LogP contribution >= 0.6 is 0 Å². The van der Waals surface area contributed by atoms with Gasteiger partial charge in [-0.1, -0.05) is 60.7 Å². The molecule has 2 aliphatic rings. The Morgan fingerprint density at radius 2 is 0.857 bits per heavy atom. The number of hydrogen-bond acceptors (Lipinski definition) is 10. The van der Waals surface area contributed by atoms with Gasteiger partial charge < -0.3 is 21.3 Å². The van der Waals surface area contributed by atoms with Crippen LogP contribution in [-0.2, 0) is 0 Å². The van der Waals surface area contributed by atoms with Crippen molar-refractivity contribution in [2.45, 2.75) is 37.5 Å². The molecule has 2 aliphatic heterocycles. The van der Waals surface area contributed by atoms with Crippen molar-refractivity contribution in [3.05, 3.63) is 60.7 Å². The molecule has 0 amide bonds. The largest absolute Gasteiger partial charge is 0.366 e. The molecule has 2 aromatic heterocycles. The van der Waals surface area contributed by atoms with Crippen LogP contribution in [0.15, 0.2) is 60.7 Å². The molecule has 6 rings (SSSR count). The molecule has 14 heteroatoms. The molecule has 4 N–H and O–H groups in total. The fraction of sp³-hybridized carbons (Fsp3) is 0.357. The average Bonchev–Trinajstić information content (AvgIpc) is 2.99. The number of alkyl halides is 4. The quantitative estimate of drug-likeness (QED) is 0.326. The minimum atomic E-state index is -2.60. The zero-order valence-corrected chi connectivity index (χ0v) is 22.7. The van der Waals surface area contributed by atoms with Gasteiger partial charge in [-0.2, -0.15) is 0 Å². The summed E-state index contributed by atoms with van der Waals surface area (Å²) in [6, 6.07) is 18.8. The van der Waals surface area contributed by atoms with E-state index in [0.717, 1.165) is 11.1 Å². The van der Waals surface area contributed by atoms with Crippen molar-refractivity contribution in [3.63, 3.8) is 0 Å². The molecule has 4 heterocycles. The van der Waals surface area contributed by atoms with E-state index >= 15 is 0 Å². The number of nitrogens with zero attached hydrogens (tertiary/aromatic N) is 8. The third-order valence-corrected chi connectivity index (χ3v) is 7.05. The van der Waals surface area contributed by atoms with Gasteiger partial charge in [-0.25, -0.2) is 27.5 Å². The molecule has 0 saturated carbocycles. The zero-order valence-electron chi connectivity index (χ0n) is 22.7. The molecule has 220 valence electrons. The van der Waals surface area contributed by atoms with E-state index in [2.05, 4.69) is 30.4 Å². The second-order valence-electron chi connectivity index (χ2n) is 10.1. The van der Waals surface area contributed by atoms with Gasteiger partial charge >= 0.3 is 0 Å². The second-order valence-corrected chi connectivity index (χ2v) is 10.1. The summed E-state index contributed by atoms with van der Waals surface area (Å²) in [5, 5.41) is 15.7. The van der Waals surface area contributed by atoms with E-state index in [1.807, 2.05) is 60.7 Å². The van der Waals surface area contributed by atoms with E-state index < -0.39 is 11.8 Å². The van der Waals surface area contributed by atoms with Gasteiger partial charge in [-0.05, 0) is 0 Å².